The van der Waals surface area contributed by atoms with Crippen molar-refractivity contribution in [3.63, 3.8) is 0 Å². The van der Waals surface area contributed by atoms with Crippen molar-refractivity contribution in [3.8, 4) is 5.75 Å². The summed E-state index contributed by atoms with van der Waals surface area (Å²) >= 11 is 0. The van der Waals surface area contributed by atoms with Gasteiger partial charge in [0, 0.05) is 7.05 Å². The monoisotopic (exact) mass is 295 g/mol. The Morgan fingerprint density at radius 2 is 1.75 bits per heavy atom. The van der Waals surface area contributed by atoms with Crippen LogP contribution in [0.1, 0.15) is 0 Å². The maximum Gasteiger partial charge on any atom is 0.264 e. The van der Waals surface area contributed by atoms with Crippen molar-refractivity contribution < 1.29 is 17.5 Å². The molecule has 106 valence electrons. The number of hydrogen-bond acceptors (Lipinski definition) is 3. The van der Waals surface area contributed by atoms with Crippen LogP contribution >= 0.6 is 0 Å². The number of halogens is 1. The Morgan fingerprint density at radius 3 is 2.30 bits per heavy atom. The number of hydrogen-bond donors (Lipinski definition) is 0. The van der Waals surface area contributed by atoms with Gasteiger partial charge in [-0.2, -0.15) is 0 Å². The molecule has 0 aliphatic rings. The van der Waals surface area contributed by atoms with Crippen molar-refractivity contribution in [2.24, 2.45) is 0 Å². The molecule has 2 aromatic carbocycles. The van der Waals surface area contributed by atoms with E-state index in [2.05, 4.69) is 0 Å². The van der Waals surface area contributed by atoms with E-state index in [0.29, 0.717) is 5.69 Å². The van der Waals surface area contributed by atoms with Gasteiger partial charge >= 0.3 is 0 Å². The van der Waals surface area contributed by atoms with Gasteiger partial charge in [-0.05, 0) is 30.3 Å². The van der Waals surface area contributed by atoms with Gasteiger partial charge in [0.2, 0.25) is 0 Å². The molecule has 0 aliphatic heterocycles. The molecular formula is C14H14FNO3S. The fourth-order valence-electron chi connectivity index (χ4n) is 1.74. The second-order valence-electron chi connectivity index (χ2n) is 4.10. The van der Waals surface area contributed by atoms with Gasteiger partial charge in [-0.25, -0.2) is 12.8 Å². The van der Waals surface area contributed by atoms with Gasteiger partial charge in [0.1, 0.15) is 0 Å². The zero-order valence-electron chi connectivity index (χ0n) is 11.1. The molecule has 0 saturated carbocycles. The maximum absolute atomic E-state index is 13.6. The summed E-state index contributed by atoms with van der Waals surface area (Å²) in [5.74, 6) is -0.707. The van der Waals surface area contributed by atoms with E-state index in [9.17, 15) is 12.8 Å². The maximum atomic E-state index is 13.6. The lowest BCUT2D eigenvalue weighted by atomic mass is 10.3. The SMILES string of the molecule is COc1ccc(S(=O)(=O)N(C)c2ccccc2)cc1F. The first-order valence-electron chi connectivity index (χ1n) is 5.84. The Kier molecular flexibility index (Phi) is 3.94. The predicted octanol–water partition coefficient (Wildman–Crippen LogP) is 2.66. The highest BCUT2D eigenvalue weighted by Gasteiger charge is 2.22. The molecule has 0 fully saturated rings. The summed E-state index contributed by atoms with van der Waals surface area (Å²) in [7, 11) is -1.06. The highest BCUT2D eigenvalue weighted by atomic mass is 32.2. The Balaban J connectivity index is 2.43. The minimum absolute atomic E-state index is 0.00585. The van der Waals surface area contributed by atoms with Crippen LogP contribution in [0.3, 0.4) is 0 Å². The van der Waals surface area contributed by atoms with Crippen LogP contribution in [0.2, 0.25) is 0 Å². The van der Waals surface area contributed by atoms with Crippen LogP contribution in [0.25, 0.3) is 0 Å². The fraction of sp³-hybridized carbons (Fsp3) is 0.143. The Bertz CT molecular complexity index is 702. The standard InChI is InChI=1S/C14H14FNO3S/c1-16(11-6-4-3-5-7-11)20(17,18)12-8-9-14(19-2)13(15)10-12/h3-10H,1-2H3. The summed E-state index contributed by atoms with van der Waals surface area (Å²) in [5, 5.41) is 0. The molecule has 0 atom stereocenters. The minimum atomic E-state index is -3.80. The van der Waals surface area contributed by atoms with E-state index in [-0.39, 0.29) is 10.6 Å². The number of nitrogens with zero attached hydrogens (tertiary/aromatic N) is 1. The molecule has 0 bridgehead atoms. The van der Waals surface area contributed by atoms with Gasteiger partial charge < -0.3 is 4.74 Å². The van der Waals surface area contributed by atoms with Crippen molar-refractivity contribution in [1.29, 1.82) is 0 Å². The molecule has 0 aliphatic carbocycles. The predicted molar refractivity (Wildman–Crippen MR) is 75.0 cm³/mol. The number of rotatable bonds is 4. The zero-order chi connectivity index (χ0) is 14.8. The van der Waals surface area contributed by atoms with Crippen molar-refractivity contribution in [2.45, 2.75) is 4.90 Å². The number of anilines is 1. The molecule has 4 nitrogen and oxygen atoms in total. The van der Waals surface area contributed by atoms with E-state index in [1.807, 2.05) is 0 Å². The lowest BCUT2D eigenvalue weighted by Gasteiger charge is -2.19. The van der Waals surface area contributed by atoms with Crippen LogP contribution in [-0.2, 0) is 10.0 Å². The van der Waals surface area contributed by atoms with Gasteiger partial charge in [0.05, 0.1) is 17.7 Å². The Morgan fingerprint density at radius 1 is 1.10 bits per heavy atom. The third-order valence-corrected chi connectivity index (χ3v) is 4.68. The average Bonchev–Trinajstić information content (AvgIpc) is 2.47. The van der Waals surface area contributed by atoms with E-state index in [1.54, 1.807) is 30.3 Å². The second kappa shape index (κ2) is 5.50. The lowest BCUT2D eigenvalue weighted by molar-refractivity contribution is 0.385. The van der Waals surface area contributed by atoms with Crippen LogP contribution in [0.15, 0.2) is 53.4 Å². The first-order chi connectivity index (χ1) is 9.46. The smallest absolute Gasteiger partial charge is 0.264 e. The number of ether oxygens (including phenoxy) is 1. The number of benzene rings is 2. The van der Waals surface area contributed by atoms with Gasteiger partial charge in [0.25, 0.3) is 10.0 Å². The molecular weight excluding hydrogens is 281 g/mol. The first-order valence-corrected chi connectivity index (χ1v) is 7.28. The summed E-state index contributed by atoms with van der Waals surface area (Å²) in [5.41, 5.74) is 0.503. The summed E-state index contributed by atoms with van der Waals surface area (Å²) in [4.78, 5) is -0.123. The second-order valence-corrected chi connectivity index (χ2v) is 6.07. The van der Waals surface area contributed by atoms with Crippen molar-refractivity contribution >= 4 is 15.7 Å². The molecule has 20 heavy (non-hydrogen) atoms. The molecule has 0 aromatic heterocycles. The van der Waals surface area contributed by atoms with E-state index >= 15 is 0 Å². The van der Waals surface area contributed by atoms with Gasteiger partial charge in [0.15, 0.2) is 11.6 Å². The largest absolute Gasteiger partial charge is 0.494 e. The molecule has 0 N–H and O–H groups in total. The molecule has 0 amide bonds. The molecule has 0 saturated heterocycles. The summed E-state index contributed by atoms with van der Waals surface area (Å²) < 4.78 is 44.3. The van der Waals surface area contributed by atoms with E-state index in [4.69, 9.17) is 4.74 Å². The topological polar surface area (TPSA) is 46.6 Å². The lowest BCUT2D eigenvalue weighted by Crippen LogP contribution is -2.26. The highest BCUT2D eigenvalue weighted by Crippen LogP contribution is 2.25. The molecule has 0 spiro atoms. The number of sulfonamides is 1. The molecule has 0 radical (unpaired) electrons. The summed E-state index contributed by atoms with van der Waals surface area (Å²) in [6, 6.07) is 12.1. The normalized spacial score (nSPS) is 11.2. The van der Waals surface area contributed by atoms with Gasteiger partial charge in [-0.15, -0.1) is 0 Å². The van der Waals surface area contributed by atoms with E-state index in [0.717, 1.165) is 10.4 Å². The molecule has 0 heterocycles. The number of methoxy groups -OCH3 is 1. The summed E-state index contributed by atoms with van der Waals surface area (Å²) in [6.07, 6.45) is 0. The van der Waals surface area contributed by atoms with Crippen LogP contribution < -0.4 is 9.04 Å². The zero-order valence-corrected chi connectivity index (χ0v) is 11.9. The molecule has 2 aromatic rings. The fourth-order valence-corrected chi connectivity index (χ4v) is 2.95. The van der Waals surface area contributed by atoms with E-state index < -0.39 is 15.8 Å². The Labute approximate surface area is 117 Å². The van der Waals surface area contributed by atoms with Crippen LogP contribution in [-0.4, -0.2) is 22.6 Å². The van der Waals surface area contributed by atoms with Crippen LogP contribution in [0.5, 0.6) is 5.75 Å². The summed E-state index contributed by atoms with van der Waals surface area (Å²) in [6.45, 7) is 0. The Hall–Kier alpha value is -2.08. The molecule has 6 heteroatoms. The average molecular weight is 295 g/mol. The van der Waals surface area contributed by atoms with E-state index in [1.165, 1.54) is 26.3 Å². The van der Waals surface area contributed by atoms with Crippen LogP contribution in [0.4, 0.5) is 10.1 Å². The third kappa shape index (κ3) is 2.60. The molecule has 2 rings (SSSR count). The first kappa shape index (κ1) is 14.3. The van der Waals surface area contributed by atoms with Crippen LogP contribution in [0, 0.1) is 5.82 Å². The quantitative estimate of drug-likeness (QED) is 0.871. The van der Waals surface area contributed by atoms with Crippen molar-refractivity contribution in [3.05, 3.63) is 54.3 Å². The van der Waals surface area contributed by atoms with Gasteiger partial charge in [-0.1, -0.05) is 18.2 Å². The third-order valence-electron chi connectivity index (χ3n) is 2.90. The minimum Gasteiger partial charge on any atom is -0.494 e. The van der Waals surface area contributed by atoms with Crippen molar-refractivity contribution in [1.82, 2.24) is 0 Å². The van der Waals surface area contributed by atoms with Crippen molar-refractivity contribution in [2.75, 3.05) is 18.5 Å². The number of para-hydroxylation sites is 1. The van der Waals surface area contributed by atoms with Gasteiger partial charge in [-0.3, -0.25) is 4.31 Å². The molecule has 0 unspecified atom stereocenters. The highest BCUT2D eigenvalue weighted by molar-refractivity contribution is 7.92.